The van der Waals surface area contributed by atoms with Crippen LogP contribution in [0.15, 0.2) is 0 Å². The number of carboxylic acids is 1. The van der Waals surface area contributed by atoms with E-state index in [0.29, 0.717) is 6.42 Å². The molecule has 0 saturated carbocycles. The van der Waals surface area contributed by atoms with Crippen molar-refractivity contribution >= 4 is 17.8 Å². The standard InChI is InChI=1S/C8H11NO5/c1-4(7(11)12)14-8(13)5-2-3-6(10)9-5/h4-5H,2-3H2,1H3,(H,9,10)(H,11,12)/t4-,5-/m0/s1. The maximum atomic E-state index is 11.2. The zero-order valence-corrected chi connectivity index (χ0v) is 7.65. The van der Waals surface area contributed by atoms with E-state index >= 15 is 0 Å². The number of carbonyl (C=O) groups is 3. The molecule has 1 saturated heterocycles. The van der Waals surface area contributed by atoms with E-state index in [2.05, 4.69) is 10.1 Å². The van der Waals surface area contributed by atoms with Gasteiger partial charge in [0, 0.05) is 6.42 Å². The Bertz CT molecular complexity index is 275. The molecule has 1 aliphatic heterocycles. The fourth-order valence-corrected chi connectivity index (χ4v) is 1.10. The van der Waals surface area contributed by atoms with E-state index in [4.69, 9.17) is 5.11 Å². The van der Waals surface area contributed by atoms with Gasteiger partial charge in [-0.25, -0.2) is 9.59 Å². The number of esters is 1. The molecule has 6 nitrogen and oxygen atoms in total. The van der Waals surface area contributed by atoms with Crippen LogP contribution in [-0.2, 0) is 19.1 Å². The second-order valence-electron chi connectivity index (χ2n) is 3.08. The van der Waals surface area contributed by atoms with Gasteiger partial charge in [0.05, 0.1) is 0 Å². The number of amides is 1. The van der Waals surface area contributed by atoms with Crippen molar-refractivity contribution in [3.05, 3.63) is 0 Å². The lowest BCUT2D eigenvalue weighted by molar-refractivity contribution is -0.164. The highest BCUT2D eigenvalue weighted by Crippen LogP contribution is 2.09. The van der Waals surface area contributed by atoms with E-state index < -0.39 is 24.1 Å². The van der Waals surface area contributed by atoms with Gasteiger partial charge < -0.3 is 15.2 Å². The van der Waals surface area contributed by atoms with Crippen molar-refractivity contribution in [2.24, 2.45) is 0 Å². The molecule has 0 aromatic carbocycles. The van der Waals surface area contributed by atoms with E-state index in [1.165, 1.54) is 6.92 Å². The molecule has 14 heavy (non-hydrogen) atoms. The lowest BCUT2D eigenvalue weighted by Crippen LogP contribution is -2.37. The van der Waals surface area contributed by atoms with E-state index in [1.807, 2.05) is 0 Å². The molecule has 0 aromatic heterocycles. The van der Waals surface area contributed by atoms with Crippen molar-refractivity contribution in [1.82, 2.24) is 5.32 Å². The Hall–Kier alpha value is -1.59. The van der Waals surface area contributed by atoms with Gasteiger partial charge in [0.2, 0.25) is 5.91 Å². The molecule has 0 aromatic rings. The summed E-state index contributed by atoms with van der Waals surface area (Å²) in [5, 5.41) is 10.9. The van der Waals surface area contributed by atoms with Crippen molar-refractivity contribution in [1.29, 1.82) is 0 Å². The van der Waals surface area contributed by atoms with Gasteiger partial charge >= 0.3 is 11.9 Å². The highest BCUT2D eigenvalue weighted by Gasteiger charge is 2.30. The van der Waals surface area contributed by atoms with Gasteiger partial charge in [-0.1, -0.05) is 0 Å². The molecule has 1 heterocycles. The third-order valence-electron chi connectivity index (χ3n) is 1.92. The van der Waals surface area contributed by atoms with Crippen LogP contribution < -0.4 is 5.32 Å². The number of nitrogens with one attached hydrogen (secondary N) is 1. The summed E-state index contributed by atoms with van der Waals surface area (Å²) < 4.78 is 4.59. The average molecular weight is 201 g/mol. The lowest BCUT2D eigenvalue weighted by Gasteiger charge is -2.12. The van der Waals surface area contributed by atoms with Crippen LogP contribution in [0.3, 0.4) is 0 Å². The van der Waals surface area contributed by atoms with Crippen LogP contribution >= 0.6 is 0 Å². The molecule has 1 fully saturated rings. The highest BCUT2D eigenvalue weighted by atomic mass is 16.6. The topological polar surface area (TPSA) is 92.7 Å². The van der Waals surface area contributed by atoms with Crippen LogP contribution in [0.5, 0.6) is 0 Å². The lowest BCUT2D eigenvalue weighted by atomic mass is 10.2. The number of ether oxygens (including phenoxy) is 1. The zero-order chi connectivity index (χ0) is 10.7. The number of rotatable bonds is 3. The first kappa shape index (κ1) is 10.5. The van der Waals surface area contributed by atoms with Gasteiger partial charge in [-0.3, -0.25) is 4.79 Å². The first-order valence-corrected chi connectivity index (χ1v) is 4.23. The fraction of sp³-hybridized carbons (Fsp3) is 0.625. The number of carboxylic acid groups (broad SMARTS) is 1. The molecule has 0 spiro atoms. The maximum Gasteiger partial charge on any atom is 0.344 e. The minimum Gasteiger partial charge on any atom is -0.479 e. The predicted molar refractivity (Wildman–Crippen MR) is 44.4 cm³/mol. The van der Waals surface area contributed by atoms with Gasteiger partial charge in [-0.2, -0.15) is 0 Å². The second kappa shape index (κ2) is 4.08. The van der Waals surface area contributed by atoms with Crippen LogP contribution in [0, 0.1) is 0 Å². The molecule has 0 bridgehead atoms. The fourth-order valence-electron chi connectivity index (χ4n) is 1.10. The number of hydrogen-bond donors (Lipinski definition) is 2. The van der Waals surface area contributed by atoms with Crippen molar-refractivity contribution in [3.63, 3.8) is 0 Å². The molecule has 1 aliphatic rings. The predicted octanol–water partition coefficient (Wildman–Crippen LogP) is -0.719. The molecule has 6 heteroatoms. The van der Waals surface area contributed by atoms with E-state index in [9.17, 15) is 14.4 Å². The summed E-state index contributed by atoms with van der Waals surface area (Å²) in [5.41, 5.74) is 0. The molecular formula is C8H11NO5. The highest BCUT2D eigenvalue weighted by molar-refractivity contribution is 5.89. The Labute approximate surface area is 80.2 Å². The van der Waals surface area contributed by atoms with Gasteiger partial charge in [-0.05, 0) is 13.3 Å². The Morgan fingerprint density at radius 3 is 2.71 bits per heavy atom. The van der Waals surface area contributed by atoms with Crippen LogP contribution in [0.4, 0.5) is 0 Å². The maximum absolute atomic E-state index is 11.2. The largest absolute Gasteiger partial charge is 0.479 e. The monoisotopic (exact) mass is 201 g/mol. The minimum atomic E-state index is -1.21. The van der Waals surface area contributed by atoms with Gasteiger partial charge in [0.1, 0.15) is 6.04 Å². The van der Waals surface area contributed by atoms with Crippen molar-refractivity contribution < 1.29 is 24.2 Å². The van der Waals surface area contributed by atoms with Crippen molar-refractivity contribution in [2.45, 2.75) is 31.9 Å². The van der Waals surface area contributed by atoms with Gasteiger partial charge in [0.15, 0.2) is 6.10 Å². The molecular weight excluding hydrogens is 190 g/mol. The zero-order valence-electron chi connectivity index (χ0n) is 7.65. The van der Waals surface area contributed by atoms with Crippen LogP contribution in [0.2, 0.25) is 0 Å². The number of carbonyl (C=O) groups excluding carboxylic acids is 2. The summed E-state index contributed by atoms with van der Waals surface area (Å²) in [5.74, 6) is -2.11. The molecule has 2 atom stereocenters. The summed E-state index contributed by atoms with van der Waals surface area (Å²) in [7, 11) is 0. The van der Waals surface area contributed by atoms with E-state index in [-0.39, 0.29) is 12.3 Å². The summed E-state index contributed by atoms with van der Waals surface area (Å²) in [6, 6.07) is -0.690. The molecule has 0 unspecified atom stereocenters. The third-order valence-corrected chi connectivity index (χ3v) is 1.92. The first-order chi connectivity index (χ1) is 6.50. The summed E-state index contributed by atoms with van der Waals surface area (Å²) >= 11 is 0. The molecule has 1 amide bonds. The number of hydrogen-bond acceptors (Lipinski definition) is 4. The average Bonchev–Trinajstić information content (AvgIpc) is 2.51. The normalized spacial score (nSPS) is 22.6. The van der Waals surface area contributed by atoms with Crippen LogP contribution in [-0.4, -0.2) is 35.1 Å². The van der Waals surface area contributed by atoms with E-state index in [0.717, 1.165) is 0 Å². The summed E-state index contributed by atoms with van der Waals surface area (Å²) in [6.45, 7) is 1.26. The molecule has 0 radical (unpaired) electrons. The number of aliphatic carboxylic acids is 1. The van der Waals surface area contributed by atoms with Crippen molar-refractivity contribution in [2.75, 3.05) is 0 Å². The molecule has 0 aliphatic carbocycles. The first-order valence-electron chi connectivity index (χ1n) is 4.23. The summed E-state index contributed by atoms with van der Waals surface area (Å²) in [6.07, 6.45) is -0.536. The van der Waals surface area contributed by atoms with Crippen LogP contribution in [0.25, 0.3) is 0 Å². The molecule has 1 rings (SSSR count). The van der Waals surface area contributed by atoms with Crippen molar-refractivity contribution in [3.8, 4) is 0 Å². The Morgan fingerprint density at radius 1 is 1.64 bits per heavy atom. The second-order valence-corrected chi connectivity index (χ2v) is 3.08. The summed E-state index contributed by atoms with van der Waals surface area (Å²) in [4.78, 5) is 32.3. The smallest absolute Gasteiger partial charge is 0.344 e. The Balaban J connectivity index is 2.42. The SMILES string of the molecule is C[C@H](OC(=O)[C@@H]1CCC(=O)N1)C(=O)O. The quantitative estimate of drug-likeness (QED) is 0.588. The van der Waals surface area contributed by atoms with E-state index in [1.54, 1.807) is 0 Å². The molecule has 78 valence electrons. The Kier molecular flexibility index (Phi) is 3.06. The van der Waals surface area contributed by atoms with Gasteiger partial charge in [0.25, 0.3) is 0 Å². The third kappa shape index (κ3) is 2.45. The van der Waals surface area contributed by atoms with Gasteiger partial charge in [-0.15, -0.1) is 0 Å². The molecule has 2 N–H and O–H groups in total. The van der Waals surface area contributed by atoms with Crippen LogP contribution in [0.1, 0.15) is 19.8 Å². The Morgan fingerprint density at radius 2 is 2.29 bits per heavy atom. The minimum absolute atomic E-state index is 0.213.